The van der Waals surface area contributed by atoms with Gasteiger partial charge >= 0.3 is 11.9 Å². The molecule has 0 amide bonds. The molecule has 0 spiro atoms. The Kier molecular flexibility index (Phi) is 6.46. The molecule has 108 valence electrons. The highest BCUT2D eigenvalue weighted by molar-refractivity contribution is 5.93. The number of carbonyl (C=O) groups excluding carboxylic acids is 2. The second-order valence-corrected chi connectivity index (χ2v) is 4.37. The van der Waals surface area contributed by atoms with Crippen LogP contribution in [0.1, 0.15) is 18.9 Å². The maximum absolute atomic E-state index is 11.6. The van der Waals surface area contributed by atoms with Gasteiger partial charge in [0.1, 0.15) is 13.2 Å². The molecule has 1 unspecified atom stereocenters. The highest BCUT2D eigenvalue weighted by Gasteiger charge is 2.14. The van der Waals surface area contributed by atoms with Crippen LogP contribution in [-0.4, -0.2) is 29.8 Å². The Bertz CT molecular complexity index is 464. The molecule has 0 aliphatic heterocycles. The van der Waals surface area contributed by atoms with Crippen molar-refractivity contribution in [2.45, 2.75) is 26.1 Å². The smallest absolute Gasteiger partial charge is 0.334 e. The number of esters is 2. The molecule has 0 radical (unpaired) electrons. The van der Waals surface area contributed by atoms with Crippen LogP contribution in [0.2, 0.25) is 0 Å². The van der Waals surface area contributed by atoms with Crippen LogP contribution >= 0.6 is 0 Å². The van der Waals surface area contributed by atoms with E-state index in [0.717, 1.165) is 5.56 Å². The monoisotopic (exact) mass is 278 g/mol. The van der Waals surface area contributed by atoms with Crippen molar-refractivity contribution in [3.63, 3.8) is 0 Å². The predicted octanol–water partition coefficient (Wildman–Crippen LogP) is 1.60. The average molecular weight is 278 g/mol. The van der Waals surface area contributed by atoms with E-state index in [0.29, 0.717) is 0 Å². The number of aliphatic hydroxyl groups is 1. The fourth-order valence-corrected chi connectivity index (χ4v) is 1.34. The summed E-state index contributed by atoms with van der Waals surface area (Å²) in [5.41, 5.74) is 0.877. The molecule has 20 heavy (non-hydrogen) atoms. The first-order valence-corrected chi connectivity index (χ1v) is 6.21. The first-order chi connectivity index (χ1) is 9.49. The number of benzene rings is 1. The van der Waals surface area contributed by atoms with E-state index in [4.69, 9.17) is 14.6 Å². The van der Waals surface area contributed by atoms with Gasteiger partial charge in [0.2, 0.25) is 0 Å². The van der Waals surface area contributed by atoms with Gasteiger partial charge in [0.05, 0.1) is 12.5 Å². The Balaban J connectivity index is 2.32. The van der Waals surface area contributed by atoms with Crippen LogP contribution in [-0.2, 0) is 25.7 Å². The fourth-order valence-electron chi connectivity index (χ4n) is 1.34. The fraction of sp³-hybridized carbons (Fsp3) is 0.333. The van der Waals surface area contributed by atoms with Gasteiger partial charge in [-0.15, -0.1) is 0 Å². The Morgan fingerprint density at radius 3 is 2.50 bits per heavy atom. The van der Waals surface area contributed by atoms with Crippen molar-refractivity contribution in [2.75, 3.05) is 6.61 Å². The Hall–Kier alpha value is -2.14. The van der Waals surface area contributed by atoms with Crippen LogP contribution in [0.3, 0.4) is 0 Å². The van der Waals surface area contributed by atoms with Gasteiger partial charge in [0.15, 0.2) is 0 Å². The lowest BCUT2D eigenvalue weighted by Crippen LogP contribution is -2.17. The normalized spacial score (nSPS) is 11.5. The lowest BCUT2D eigenvalue weighted by molar-refractivity contribution is -0.148. The zero-order valence-electron chi connectivity index (χ0n) is 11.4. The Morgan fingerprint density at radius 2 is 1.90 bits per heavy atom. The maximum Gasteiger partial charge on any atom is 0.334 e. The van der Waals surface area contributed by atoms with E-state index < -0.39 is 18.0 Å². The Morgan fingerprint density at radius 1 is 1.25 bits per heavy atom. The molecule has 0 fully saturated rings. The first-order valence-electron chi connectivity index (χ1n) is 6.21. The largest absolute Gasteiger partial charge is 0.463 e. The standard InChI is InChI=1S/C15H18O5/c1-11(8-14(17)19-9-12(2)16)15(18)20-10-13-6-4-3-5-7-13/h3-7,12,16H,1,8-10H2,2H3. The third kappa shape index (κ3) is 6.15. The topological polar surface area (TPSA) is 72.8 Å². The molecule has 1 aromatic carbocycles. The van der Waals surface area contributed by atoms with Crippen molar-refractivity contribution >= 4 is 11.9 Å². The van der Waals surface area contributed by atoms with Gasteiger partial charge in [-0.25, -0.2) is 4.79 Å². The molecule has 0 saturated heterocycles. The molecular weight excluding hydrogens is 260 g/mol. The van der Waals surface area contributed by atoms with Crippen LogP contribution in [0, 0.1) is 0 Å². The summed E-state index contributed by atoms with van der Waals surface area (Å²) < 4.78 is 9.75. The van der Waals surface area contributed by atoms with E-state index in [1.54, 1.807) is 0 Å². The van der Waals surface area contributed by atoms with E-state index in [1.807, 2.05) is 30.3 Å². The molecular formula is C15H18O5. The molecule has 1 N–H and O–H groups in total. The zero-order valence-corrected chi connectivity index (χ0v) is 11.4. The van der Waals surface area contributed by atoms with Crippen molar-refractivity contribution in [2.24, 2.45) is 0 Å². The molecule has 0 aliphatic rings. The average Bonchev–Trinajstić information content (AvgIpc) is 2.43. The number of carbonyl (C=O) groups is 2. The van der Waals surface area contributed by atoms with Crippen molar-refractivity contribution in [3.05, 3.63) is 48.0 Å². The summed E-state index contributed by atoms with van der Waals surface area (Å²) >= 11 is 0. The third-order valence-corrected chi connectivity index (χ3v) is 2.34. The first kappa shape index (κ1) is 15.9. The number of ether oxygens (including phenoxy) is 2. The van der Waals surface area contributed by atoms with Crippen LogP contribution in [0.25, 0.3) is 0 Å². The molecule has 1 rings (SSSR count). The van der Waals surface area contributed by atoms with Crippen LogP contribution in [0.4, 0.5) is 0 Å². The van der Waals surface area contributed by atoms with E-state index in [9.17, 15) is 9.59 Å². The quantitative estimate of drug-likeness (QED) is 0.606. The third-order valence-electron chi connectivity index (χ3n) is 2.34. The summed E-state index contributed by atoms with van der Waals surface area (Å²) in [6.45, 7) is 5.01. The van der Waals surface area contributed by atoms with E-state index in [2.05, 4.69) is 6.58 Å². The molecule has 5 heteroatoms. The molecule has 0 saturated carbocycles. The van der Waals surface area contributed by atoms with Gasteiger partial charge < -0.3 is 14.6 Å². The molecule has 0 aromatic heterocycles. The summed E-state index contributed by atoms with van der Waals surface area (Å²) in [7, 11) is 0. The van der Waals surface area contributed by atoms with E-state index >= 15 is 0 Å². The second-order valence-electron chi connectivity index (χ2n) is 4.37. The minimum absolute atomic E-state index is 0.0246. The lowest BCUT2D eigenvalue weighted by Gasteiger charge is -2.08. The lowest BCUT2D eigenvalue weighted by atomic mass is 10.2. The molecule has 0 bridgehead atoms. The summed E-state index contributed by atoms with van der Waals surface area (Å²) in [6, 6.07) is 9.19. The van der Waals surface area contributed by atoms with Crippen molar-refractivity contribution in [3.8, 4) is 0 Å². The van der Waals surface area contributed by atoms with Crippen molar-refractivity contribution < 1.29 is 24.2 Å². The van der Waals surface area contributed by atoms with E-state index in [-0.39, 0.29) is 25.2 Å². The van der Waals surface area contributed by atoms with Gasteiger partial charge in [-0.1, -0.05) is 36.9 Å². The second kappa shape index (κ2) is 8.12. The summed E-state index contributed by atoms with van der Waals surface area (Å²) in [5.74, 6) is -1.25. The van der Waals surface area contributed by atoms with Gasteiger partial charge in [-0.05, 0) is 12.5 Å². The van der Waals surface area contributed by atoms with Crippen LogP contribution in [0.15, 0.2) is 42.5 Å². The van der Waals surface area contributed by atoms with Gasteiger partial charge in [-0.3, -0.25) is 4.79 Å². The maximum atomic E-state index is 11.6. The summed E-state index contributed by atoms with van der Waals surface area (Å²) in [4.78, 5) is 22.9. The van der Waals surface area contributed by atoms with Gasteiger partial charge in [0.25, 0.3) is 0 Å². The highest BCUT2D eigenvalue weighted by atomic mass is 16.5. The number of rotatable bonds is 7. The molecule has 1 aromatic rings. The highest BCUT2D eigenvalue weighted by Crippen LogP contribution is 2.07. The molecule has 0 aliphatic carbocycles. The number of hydrogen-bond acceptors (Lipinski definition) is 5. The minimum Gasteiger partial charge on any atom is -0.463 e. The predicted molar refractivity (Wildman–Crippen MR) is 72.6 cm³/mol. The number of aliphatic hydroxyl groups excluding tert-OH is 1. The summed E-state index contributed by atoms with van der Waals surface area (Å²) in [6.07, 6.45) is -0.988. The Labute approximate surface area is 117 Å². The van der Waals surface area contributed by atoms with Crippen molar-refractivity contribution in [1.82, 2.24) is 0 Å². The van der Waals surface area contributed by atoms with Crippen LogP contribution in [0.5, 0.6) is 0 Å². The van der Waals surface area contributed by atoms with Gasteiger partial charge in [0, 0.05) is 5.57 Å². The van der Waals surface area contributed by atoms with Crippen LogP contribution < -0.4 is 0 Å². The minimum atomic E-state index is -0.739. The zero-order chi connectivity index (χ0) is 15.0. The molecule has 0 heterocycles. The number of hydrogen-bond donors (Lipinski definition) is 1. The van der Waals surface area contributed by atoms with E-state index in [1.165, 1.54) is 6.92 Å². The van der Waals surface area contributed by atoms with Gasteiger partial charge in [-0.2, -0.15) is 0 Å². The summed E-state index contributed by atoms with van der Waals surface area (Å²) in [5, 5.41) is 8.96. The SMILES string of the molecule is C=C(CC(=O)OCC(C)O)C(=O)OCc1ccccc1. The van der Waals surface area contributed by atoms with Crippen molar-refractivity contribution in [1.29, 1.82) is 0 Å². The molecule has 5 nitrogen and oxygen atoms in total. The molecule has 1 atom stereocenters.